The molecule has 4 aromatic rings. The number of nitrogens with one attached hydrogen (secondary N) is 1. The average molecular weight is 523 g/mol. The minimum atomic E-state index is -0.175. The van der Waals surface area contributed by atoms with Crippen molar-refractivity contribution in [2.24, 2.45) is 0 Å². The van der Waals surface area contributed by atoms with E-state index in [0.717, 1.165) is 17.0 Å². The van der Waals surface area contributed by atoms with Crippen LogP contribution in [-0.4, -0.2) is 46.2 Å². The Morgan fingerprint density at radius 2 is 1.78 bits per heavy atom. The Morgan fingerprint density at radius 3 is 2.53 bits per heavy atom. The molecule has 0 aliphatic carbocycles. The lowest BCUT2D eigenvalue weighted by Gasteiger charge is -2.19. The van der Waals surface area contributed by atoms with Gasteiger partial charge in [0.1, 0.15) is 19.0 Å². The van der Waals surface area contributed by atoms with E-state index in [-0.39, 0.29) is 11.7 Å². The van der Waals surface area contributed by atoms with Crippen LogP contribution in [0, 0.1) is 0 Å². The first-order chi connectivity index (χ1) is 17.6. The van der Waals surface area contributed by atoms with Crippen molar-refractivity contribution in [1.29, 1.82) is 0 Å². The molecule has 1 aliphatic rings. The van der Waals surface area contributed by atoms with Crippen LogP contribution in [0.4, 0.5) is 5.69 Å². The fourth-order valence-electron chi connectivity index (χ4n) is 3.69. The summed E-state index contributed by atoms with van der Waals surface area (Å²) in [7, 11) is 0. The Morgan fingerprint density at radius 1 is 1.03 bits per heavy atom. The zero-order chi connectivity index (χ0) is 24.9. The third-order valence-electron chi connectivity index (χ3n) is 5.30. The second-order valence-corrected chi connectivity index (χ2v) is 9.15. The summed E-state index contributed by atoms with van der Waals surface area (Å²) in [5.41, 5.74) is 2.34. The lowest BCUT2D eigenvalue weighted by atomic mass is 10.2. The maximum Gasteiger partial charge on any atom is 0.234 e. The number of hydrogen-bond acceptors (Lipinski definition) is 7. The molecule has 0 saturated heterocycles. The Balaban J connectivity index is 1.36. The van der Waals surface area contributed by atoms with Crippen LogP contribution in [0.2, 0.25) is 5.02 Å². The van der Waals surface area contributed by atoms with Gasteiger partial charge in [-0.05, 0) is 67.6 Å². The van der Waals surface area contributed by atoms with Gasteiger partial charge in [0.25, 0.3) is 0 Å². The quantitative estimate of drug-likeness (QED) is 0.306. The maximum absolute atomic E-state index is 12.7. The summed E-state index contributed by atoms with van der Waals surface area (Å²) in [6.45, 7) is 3.53. The molecule has 0 radical (unpaired) electrons. The van der Waals surface area contributed by atoms with Crippen LogP contribution >= 0.6 is 23.4 Å². The predicted molar refractivity (Wildman–Crippen MR) is 140 cm³/mol. The second-order valence-electron chi connectivity index (χ2n) is 7.77. The van der Waals surface area contributed by atoms with Gasteiger partial charge in [-0.3, -0.25) is 9.36 Å². The standard InChI is InChI=1S/C26H23ClN4O4S/c1-2-33-21-10-8-20(9-11-21)31-25(17-3-5-18(27)6-4-17)29-30-26(31)36-16-24(32)28-19-7-12-22-23(15-19)35-14-13-34-22/h3-12,15H,2,13-14,16H2,1H3,(H,28,32). The summed E-state index contributed by atoms with van der Waals surface area (Å²) < 4.78 is 18.6. The zero-order valence-electron chi connectivity index (χ0n) is 19.4. The monoisotopic (exact) mass is 522 g/mol. The topological polar surface area (TPSA) is 87.5 Å². The molecule has 8 nitrogen and oxygen atoms in total. The number of aromatic nitrogens is 3. The van der Waals surface area contributed by atoms with E-state index in [0.29, 0.717) is 53.0 Å². The van der Waals surface area contributed by atoms with Gasteiger partial charge < -0.3 is 19.5 Å². The minimum Gasteiger partial charge on any atom is -0.494 e. The highest BCUT2D eigenvalue weighted by Crippen LogP contribution is 2.33. The van der Waals surface area contributed by atoms with Gasteiger partial charge in [0.15, 0.2) is 22.5 Å². The number of rotatable bonds is 8. The number of fused-ring (bicyclic) bond motifs is 1. The molecular formula is C26H23ClN4O4S. The first-order valence-corrected chi connectivity index (χ1v) is 12.7. The number of halogens is 1. The normalized spacial score (nSPS) is 12.3. The van der Waals surface area contributed by atoms with Gasteiger partial charge in [-0.2, -0.15) is 0 Å². The third-order valence-corrected chi connectivity index (χ3v) is 6.48. The minimum absolute atomic E-state index is 0.143. The number of carbonyl (C=O) groups excluding carboxylic acids is 1. The molecule has 0 atom stereocenters. The van der Waals surface area contributed by atoms with Gasteiger partial charge in [-0.15, -0.1) is 10.2 Å². The number of benzene rings is 3. The van der Waals surface area contributed by atoms with Crippen molar-refractivity contribution in [3.8, 4) is 34.3 Å². The van der Waals surface area contributed by atoms with Gasteiger partial charge in [0.2, 0.25) is 5.91 Å². The highest BCUT2D eigenvalue weighted by Gasteiger charge is 2.18. The molecular weight excluding hydrogens is 500 g/mol. The molecule has 5 rings (SSSR count). The smallest absolute Gasteiger partial charge is 0.234 e. The molecule has 36 heavy (non-hydrogen) atoms. The van der Waals surface area contributed by atoms with Crippen molar-refractivity contribution in [2.45, 2.75) is 12.1 Å². The molecule has 0 unspecified atom stereocenters. The fourth-order valence-corrected chi connectivity index (χ4v) is 4.57. The van der Waals surface area contributed by atoms with Crippen molar-refractivity contribution in [3.05, 3.63) is 71.8 Å². The van der Waals surface area contributed by atoms with E-state index in [4.69, 9.17) is 25.8 Å². The molecule has 10 heteroatoms. The summed E-state index contributed by atoms with van der Waals surface area (Å²) in [6, 6.07) is 20.4. The van der Waals surface area contributed by atoms with E-state index in [1.807, 2.05) is 60.0 Å². The number of hydrogen-bond donors (Lipinski definition) is 1. The van der Waals surface area contributed by atoms with Crippen LogP contribution in [-0.2, 0) is 4.79 Å². The van der Waals surface area contributed by atoms with E-state index in [1.165, 1.54) is 11.8 Å². The highest BCUT2D eigenvalue weighted by molar-refractivity contribution is 7.99. The Bertz CT molecular complexity index is 1360. The summed E-state index contributed by atoms with van der Waals surface area (Å²) in [5, 5.41) is 12.9. The zero-order valence-corrected chi connectivity index (χ0v) is 21.0. The summed E-state index contributed by atoms with van der Waals surface area (Å²) >= 11 is 7.37. The molecule has 0 fully saturated rings. The van der Waals surface area contributed by atoms with Crippen molar-refractivity contribution in [2.75, 3.05) is 30.9 Å². The number of nitrogens with zero attached hydrogens (tertiary/aromatic N) is 3. The van der Waals surface area contributed by atoms with Gasteiger partial charge >= 0.3 is 0 Å². The first-order valence-electron chi connectivity index (χ1n) is 11.4. The fraction of sp³-hybridized carbons (Fsp3) is 0.192. The molecule has 1 amide bonds. The van der Waals surface area contributed by atoms with Gasteiger partial charge in [-0.1, -0.05) is 23.4 Å². The van der Waals surface area contributed by atoms with E-state index < -0.39 is 0 Å². The van der Waals surface area contributed by atoms with Crippen molar-refractivity contribution >= 4 is 35.0 Å². The van der Waals surface area contributed by atoms with Crippen molar-refractivity contribution < 1.29 is 19.0 Å². The number of amides is 1. The molecule has 184 valence electrons. The Kier molecular flexibility index (Phi) is 7.29. The van der Waals surface area contributed by atoms with E-state index in [1.54, 1.807) is 18.2 Å². The largest absolute Gasteiger partial charge is 0.494 e. The average Bonchev–Trinajstić information content (AvgIpc) is 3.32. The van der Waals surface area contributed by atoms with E-state index in [9.17, 15) is 4.79 Å². The summed E-state index contributed by atoms with van der Waals surface area (Å²) in [5.74, 6) is 2.68. The van der Waals surface area contributed by atoms with Crippen LogP contribution in [0.5, 0.6) is 17.2 Å². The Labute approximate surface area is 217 Å². The Hall–Kier alpha value is -3.69. The van der Waals surface area contributed by atoms with E-state index in [2.05, 4.69) is 15.5 Å². The number of ether oxygens (including phenoxy) is 3. The number of carbonyl (C=O) groups is 1. The molecule has 1 aromatic heterocycles. The van der Waals surface area contributed by atoms with Crippen LogP contribution < -0.4 is 19.5 Å². The van der Waals surface area contributed by atoms with Gasteiger partial charge in [0, 0.05) is 28.0 Å². The number of thioether (sulfide) groups is 1. The van der Waals surface area contributed by atoms with Crippen LogP contribution in [0.1, 0.15) is 6.92 Å². The van der Waals surface area contributed by atoms with Gasteiger partial charge in [0.05, 0.1) is 12.4 Å². The predicted octanol–water partition coefficient (Wildman–Crippen LogP) is 5.49. The first kappa shape index (κ1) is 24.0. The lowest BCUT2D eigenvalue weighted by Crippen LogP contribution is -2.17. The van der Waals surface area contributed by atoms with Crippen molar-refractivity contribution in [3.63, 3.8) is 0 Å². The third kappa shape index (κ3) is 5.42. The number of anilines is 1. The second kappa shape index (κ2) is 10.9. The molecule has 3 aromatic carbocycles. The molecule has 0 saturated carbocycles. The molecule has 2 heterocycles. The van der Waals surface area contributed by atoms with Crippen LogP contribution in [0.25, 0.3) is 17.1 Å². The highest BCUT2D eigenvalue weighted by atomic mass is 35.5. The summed E-state index contributed by atoms with van der Waals surface area (Å²) in [4.78, 5) is 12.7. The van der Waals surface area contributed by atoms with Crippen LogP contribution in [0.3, 0.4) is 0 Å². The lowest BCUT2D eigenvalue weighted by molar-refractivity contribution is -0.113. The molecule has 0 spiro atoms. The maximum atomic E-state index is 12.7. The summed E-state index contributed by atoms with van der Waals surface area (Å²) in [6.07, 6.45) is 0. The van der Waals surface area contributed by atoms with Crippen LogP contribution in [0.15, 0.2) is 71.9 Å². The van der Waals surface area contributed by atoms with Crippen molar-refractivity contribution in [1.82, 2.24) is 14.8 Å². The van der Waals surface area contributed by atoms with Gasteiger partial charge in [-0.25, -0.2) is 0 Å². The molecule has 0 bridgehead atoms. The van der Waals surface area contributed by atoms with E-state index >= 15 is 0 Å². The molecule has 1 N–H and O–H groups in total. The molecule has 1 aliphatic heterocycles. The SMILES string of the molecule is CCOc1ccc(-n2c(SCC(=O)Nc3ccc4c(c3)OCCO4)nnc2-c2ccc(Cl)cc2)cc1.